The molecule has 36 heavy (non-hydrogen) atoms. The zero-order chi connectivity index (χ0) is 26.7. The molecule has 12 heteroatoms. The second-order valence-electron chi connectivity index (χ2n) is 7.60. The molecule has 0 saturated carbocycles. The van der Waals surface area contributed by atoms with Crippen LogP contribution >= 0.6 is 12.6 Å². The van der Waals surface area contributed by atoms with Crippen molar-refractivity contribution in [3.05, 3.63) is 0 Å². The molecule has 1 rings (SSSR count). The van der Waals surface area contributed by atoms with E-state index in [1.165, 1.54) is 6.92 Å². The molecule has 1 fully saturated rings. The van der Waals surface area contributed by atoms with E-state index in [1.807, 2.05) is 6.92 Å². The second-order valence-corrected chi connectivity index (χ2v) is 8.33. The van der Waals surface area contributed by atoms with Crippen molar-refractivity contribution in [1.82, 2.24) is 4.90 Å². The van der Waals surface area contributed by atoms with Gasteiger partial charge in [-0.2, -0.15) is 12.6 Å². The topological polar surface area (TPSA) is 119 Å². The van der Waals surface area contributed by atoms with E-state index >= 15 is 0 Å². The molecular formula is C24H45NO10S. The number of carbonyl (C=O) groups is 3. The summed E-state index contributed by atoms with van der Waals surface area (Å²) in [7, 11) is 0. The van der Waals surface area contributed by atoms with Gasteiger partial charge in [0.25, 0.3) is 0 Å². The molecule has 1 saturated heterocycles. The fourth-order valence-electron chi connectivity index (χ4n) is 2.80. The van der Waals surface area contributed by atoms with Crippen LogP contribution < -0.4 is 0 Å². The van der Waals surface area contributed by atoms with Crippen molar-refractivity contribution in [2.45, 2.75) is 44.8 Å². The molecule has 1 amide bonds. The molecule has 0 aromatic heterocycles. The van der Waals surface area contributed by atoms with E-state index in [9.17, 15) is 9.59 Å². The third-order valence-corrected chi connectivity index (χ3v) is 5.13. The van der Waals surface area contributed by atoms with Crippen LogP contribution in [0.4, 0.5) is 4.79 Å². The quantitative estimate of drug-likeness (QED) is 0.107. The summed E-state index contributed by atoms with van der Waals surface area (Å²) in [5.41, 5.74) is 0. The Labute approximate surface area is 220 Å². The molecule has 0 atom stereocenters. The zero-order valence-electron chi connectivity index (χ0n) is 21.9. The lowest BCUT2D eigenvalue weighted by atomic mass is 10.1. The summed E-state index contributed by atoms with van der Waals surface area (Å²) in [4.78, 5) is 33.5. The lowest BCUT2D eigenvalue weighted by Gasteiger charge is -2.28. The molecule has 212 valence electrons. The lowest BCUT2D eigenvalue weighted by Crippen LogP contribution is -2.39. The van der Waals surface area contributed by atoms with Crippen molar-refractivity contribution >= 4 is 31.0 Å². The van der Waals surface area contributed by atoms with Crippen molar-refractivity contribution in [2.75, 3.05) is 92.4 Å². The maximum absolute atomic E-state index is 11.9. The molecule has 0 aromatic rings. The second kappa shape index (κ2) is 26.6. The van der Waals surface area contributed by atoms with Crippen molar-refractivity contribution in [3.63, 3.8) is 0 Å². The number of amides is 1. The van der Waals surface area contributed by atoms with Gasteiger partial charge in [-0.1, -0.05) is 6.92 Å². The summed E-state index contributed by atoms with van der Waals surface area (Å²) in [5.74, 6) is -0.190. The third-order valence-electron chi connectivity index (χ3n) is 4.61. The van der Waals surface area contributed by atoms with E-state index in [-0.39, 0.29) is 25.3 Å². The number of thiol groups is 1. The molecular weight excluding hydrogens is 494 g/mol. The summed E-state index contributed by atoms with van der Waals surface area (Å²) in [6.07, 6.45) is 3.50. The Bertz CT molecular complexity index is 533. The van der Waals surface area contributed by atoms with Gasteiger partial charge in [-0.25, -0.2) is 4.79 Å². The van der Waals surface area contributed by atoms with Crippen LogP contribution in [0.5, 0.6) is 0 Å². The van der Waals surface area contributed by atoms with Crippen LogP contribution in [-0.2, 0) is 42.7 Å². The molecule has 0 N–H and O–H groups in total. The highest BCUT2D eigenvalue weighted by atomic mass is 32.1. The molecule has 0 aromatic carbocycles. The minimum Gasteiger partial charge on any atom is -0.463 e. The van der Waals surface area contributed by atoms with Gasteiger partial charge in [-0.05, 0) is 26.2 Å². The van der Waals surface area contributed by atoms with Crippen molar-refractivity contribution < 1.29 is 47.5 Å². The standard InChI is InChI=1S/C22H41NO9S.C2H4O/c1-2-3-21(24)31-18-16-29-14-12-27-10-8-26-9-11-28-13-15-30-17-19-32-22(25)23-6-4-20(33)5-7-23;1-2-3/h20,33H,2-19H2,1H3;2H,1H3. The minimum absolute atomic E-state index is 0.190. The van der Waals surface area contributed by atoms with Crippen LogP contribution in [-0.4, -0.2) is 121 Å². The van der Waals surface area contributed by atoms with Gasteiger partial charge in [-0.3, -0.25) is 4.79 Å². The molecule has 0 unspecified atom stereocenters. The van der Waals surface area contributed by atoms with E-state index in [4.69, 9.17) is 38.0 Å². The fourth-order valence-corrected chi connectivity index (χ4v) is 3.03. The normalized spacial score (nSPS) is 13.6. The first-order valence-electron chi connectivity index (χ1n) is 12.6. The van der Waals surface area contributed by atoms with E-state index in [0.29, 0.717) is 90.8 Å². The van der Waals surface area contributed by atoms with Gasteiger partial charge >= 0.3 is 12.1 Å². The highest BCUT2D eigenvalue weighted by Crippen LogP contribution is 2.15. The number of nitrogens with zero attached hydrogens (tertiary/aromatic N) is 1. The molecule has 0 spiro atoms. The van der Waals surface area contributed by atoms with Crippen molar-refractivity contribution in [3.8, 4) is 0 Å². The van der Waals surface area contributed by atoms with Gasteiger partial charge in [0, 0.05) is 24.8 Å². The summed E-state index contributed by atoms with van der Waals surface area (Å²) in [6, 6.07) is 0. The van der Waals surface area contributed by atoms with Crippen molar-refractivity contribution in [1.29, 1.82) is 0 Å². The fraction of sp³-hybridized carbons (Fsp3) is 0.875. The van der Waals surface area contributed by atoms with Crippen LogP contribution in [0.2, 0.25) is 0 Å². The highest BCUT2D eigenvalue weighted by molar-refractivity contribution is 7.80. The summed E-state index contributed by atoms with van der Waals surface area (Å²) < 4.78 is 37.1. The minimum atomic E-state index is -0.283. The van der Waals surface area contributed by atoms with Crippen LogP contribution in [0.1, 0.15) is 39.5 Å². The van der Waals surface area contributed by atoms with Gasteiger partial charge in [0.05, 0.1) is 66.1 Å². The first-order valence-corrected chi connectivity index (χ1v) is 13.1. The largest absolute Gasteiger partial charge is 0.463 e. The van der Waals surface area contributed by atoms with Crippen LogP contribution in [0.25, 0.3) is 0 Å². The van der Waals surface area contributed by atoms with Gasteiger partial charge in [-0.15, -0.1) is 0 Å². The highest BCUT2D eigenvalue weighted by Gasteiger charge is 2.21. The van der Waals surface area contributed by atoms with Crippen LogP contribution in [0.15, 0.2) is 0 Å². The number of ether oxygens (including phenoxy) is 7. The maximum Gasteiger partial charge on any atom is 0.409 e. The molecule has 1 aliphatic heterocycles. The molecule has 0 aliphatic carbocycles. The Morgan fingerprint density at radius 2 is 1.11 bits per heavy atom. The number of likely N-dealkylation sites (tertiary alicyclic amines) is 1. The molecule has 1 heterocycles. The van der Waals surface area contributed by atoms with Crippen LogP contribution in [0.3, 0.4) is 0 Å². The maximum atomic E-state index is 11.9. The number of rotatable bonds is 20. The number of hydrogen-bond acceptors (Lipinski definition) is 11. The average Bonchev–Trinajstić information content (AvgIpc) is 2.86. The van der Waals surface area contributed by atoms with E-state index in [1.54, 1.807) is 4.90 Å². The number of esters is 1. The SMILES string of the molecule is CC=O.CCCC(=O)OCCOCCOCCOCCOCCOCCOC(=O)N1CCC(S)CC1. The number of hydrogen-bond donors (Lipinski definition) is 1. The Balaban J connectivity index is 0.00000387. The monoisotopic (exact) mass is 539 g/mol. The average molecular weight is 540 g/mol. The summed E-state index contributed by atoms with van der Waals surface area (Å²) in [5, 5.41) is 0.377. The molecule has 0 radical (unpaired) electrons. The zero-order valence-corrected chi connectivity index (χ0v) is 22.8. The first kappa shape index (κ1) is 34.6. The number of aldehydes is 1. The number of piperidine rings is 1. The Kier molecular flexibility index (Phi) is 25.6. The predicted molar refractivity (Wildman–Crippen MR) is 137 cm³/mol. The van der Waals surface area contributed by atoms with Gasteiger partial charge in [0.1, 0.15) is 19.5 Å². The van der Waals surface area contributed by atoms with E-state index in [2.05, 4.69) is 12.6 Å². The Morgan fingerprint density at radius 1 is 0.750 bits per heavy atom. The van der Waals surface area contributed by atoms with E-state index in [0.717, 1.165) is 25.5 Å². The van der Waals surface area contributed by atoms with Gasteiger partial charge in [0.2, 0.25) is 0 Å². The number of carbonyl (C=O) groups excluding carboxylic acids is 3. The van der Waals surface area contributed by atoms with Crippen LogP contribution in [0, 0.1) is 0 Å². The summed E-state index contributed by atoms with van der Waals surface area (Å²) >= 11 is 4.41. The van der Waals surface area contributed by atoms with Gasteiger partial charge < -0.3 is 42.9 Å². The Morgan fingerprint density at radius 3 is 1.50 bits per heavy atom. The molecule has 0 bridgehead atoms. The lowest BCUT2D eigenvalue weighted by molar-refractivity contribution is -0.145. The van der Waals surface area contributed by atoms with Gasteiger partial charge in [0.15, 0.2) is 0 Å². The Hall–Kier alpha value is -1.44. The third kappa shape index (κ3) is 23.0. The molecule has 1 aliphatic rings. The first-order chi connectivity index (χ1) is 17.5. The molecule has 11 nitrogen and oxygen atoms in total. The van der Waals surface area contributed by atoms with E-state index < -0.39 is 0 Å². The smallest absolute Gasteiger partial charge is 0.409 e. The summed E-state index contributed by atoms with van der Waals surface area (Å²) in [6.45, 7) is 9.70. The predicted octanol–water partition coefficient (Wildman–Crippen LogP) is 2.15. The van der Waals surface area contributed by atoms with Crippen molar-refractivity contribution in [2.24, 2.45) is 0 Å².